The Morgan fingerprint density at radius 1 is 1.07 bits per heavy atom. The van der Waals surface area contributed by atoms with Crippen molar-refractivity contribution >= 4 is 23.6 Å². The highest BCUT2D eigenvalue weighted by Crippen LogP contribution is 2.19. The summed E-state index contributed by atoms with van der Waals surface area (Å²) in [4.78, 5) is 27.8. The van der Waals surface area contributed by atoms with Gasteiger partial charge in [0.1, 0.15) is 6.04 Å². The standard InChI is InChI=1S/C25H34N2O2S/c1-6-23(25(29)26-18(2)3)27(15-22-13-8-7-11-20(22)5)24(28)17-30-16-21-12-9-10-19(4)14-21/h7-14,18,23H,6,15-17H2,1-5H3,(H,26,29)/t23-/m0/s1. The van der Waals surface area contributed by atoms with Crippen molar-refractivity contribution in [3.05, 3.63) is 70.8 Å². The second kappa shape index (κ2) is 11.8. The van der Waals surface area contributed by atoms with Crippen LogP contribution < -0.4 is 5.32 Å². The van der Waals surface area contributed by atoms with E-state index in [-0.39, 0.29) is 17.9 Å². The van der Waals surface area contributed by atoms with Gasteiger partial charge in [-0.2, -0.15) is 0 Å². The lowest BCUT2D eigenvalue weighted by Gasteiger charge is -2.31. The van der Waals surface area contributed by atoms with E-state index in [1.807, 2.05) is 58.0 Å². The van der Waals surface area contributed by atoms with Gasteiger partial charge in [0, 0.05) is 18.3 Å². The molecule has 0 saturated carbocycles. The zero-order valence-corrected chi connectivity index (χ0v) is 19.6. The highest BCUT2D eigenvalue weighted by molar-refractivity contribution is 7.99. The lowest BCUT2D eigenvalue weighted by atomic mass is 10.1. The Morgan fingerprint density at radius 2 is 1.80 bits per heavy atom. The molecule has 0 fully saturated rings. The summed E-state index contributed by atoms with van der Waals surface area (Å²) in [5.41, 5.74) is 4.63. The molecule has 0 saturated heterocycles. The maximum atomic E-state index is 13.2. The number of benzene rings is 2. The summed E-state index contributed by atoms with van der Waals surface area (Å²) in [5, 5.41) is 2.98. The Hall–Kier alpha value is -2.27. The zero-order valence-electron chi connectivity index (χ0n) is 18.8. The van der Waals surface area contributed by atoms with Crippen molar-refractivity contribution in [1.29, 1.82) is 0 Å². The van der Waals surface area contributed by atoms with Crippen LogP contribution in [0.5, 0.6) is 0 Å². The van der Waals surface area contributed by atoms with Crippen molar-refractivity contribution in [3.8, 4) is 0 Å². The van der Waals surface area contributed by atoms with Crippen molar-refractivity contribution in [3.63, 3.8) is 0 Å². The Labute approximate surface area is 185 Å². The SMILES string of the molecule is CC[C@@H](C(=O)NC(C)C)N(Cc1ccccc1C)C(=O)CSCc1cccc(C)c1. The summed E-state index contributed by atoms with van der Waals surface area (Å²) in [5.74, 6) is 1.05. The van der Waals surface area contributed by atoms with Crippen LogP contribution in [0.4, 0.5) is 0 Å². The van der Waals surface area contributed by atoms with Crippen molar-refractivity contribution in [2.45, 2.75) is 65.4 Å². The molecule has 1 atom stereocenters. The van der Waals surface area contributed by atoms with Gasteiger partial charge in [0.15, 0.2) is 0 Å². The van der Waals surface area contributed by atoms with Gasteiger partial charge in [0.25, 0.3) is 0 Å². The predicted octanol–water partition coefficient (Wildman–Crippen LogP) is 4.87. The molecule has 0 aromatic heterocycles. The van der Waals surface area contributed by atoms with Crippen LogP contribution in [0.3, 0.4) is 0 Å². The summed E-state index contributed by atoms with van der Waals surface area (Å²) < 4.78 is 0. The number of carbonyl (C=O) groups excluding carboxylic acids is 2. The molecule has 0 aliphatic heterocycles. The number of hydrogen-bond donors (Lipinski definition) is 1. The molecule has 2 rings (SSSR count). The van der Waals surface area contributed by atoms with Gasteiger partial charge in [-0.05, 0) is 50.8 Å². The van der Waals surface area contributed by atoms with Gasteiger partial charge in [-0.3, -0.25) is 9.59 Å². The van der Waals surface area contributed by atoms with Crippen molar-refractivity contribution in [2.75, 3.05) is 5.75 Å². The number of carbonyl (C=O) groups is 2. The topological polar surface area (TPSA) is 49.4 Å². The van der Waals surface area contributed by atoms with Crippen LogP contribution in [0.1, 0.15) is 49.4 Å². The molecule has 0 radical (unpaired) electrons. The van der Waals surface area contributed by atoms with Gasteiger partial charge >= 0.3 is 0 Å². The number of aryl methyl sites for hydroxylation is 2. The van der Waals surface area contributed by atoms with Gasteiger partial charge in [0.2, 0.25) is 11.8 Å². The molecule has 5 heteroatoms. The minimum absolute atomic E-state index is 0.00154. The maximum absolute atomic E-state index is 13.2. The molecule has 1 N–H and O–H groups in total. The minimum Gasteiger partial charge on any atom is -0.352 e. The molecule has 2 aromatic rings. The van der Waals surface area contributed by atoms with Crippen LogP contribution in [0.2, 0.25) is 0 Å². The molecule has 162 valence electrons. The second-order valence-corrected chi connectivity index (χ2v) is 9.00. The summed E-state index contributed by atoms with van der Waals surface area (Å²) in [6.07, 6.45) is 0.582. The fourth-order valence-corrected chi connectivity index (χ4v) is 4.27. The number of amides is 2. The summed E-state index contributed by atoms with van der Waals surface area (Å²) >= 11 is 1.60. The van der Waals surface area contributed by atoms with Crippen molar-refractivity contribution in [1.82, 2.24) is 10.2 Å². The highest BCUT2D eigenvalue weighted by atomic mass is 32.2. The Morgan fingerprint density at radius 3 is 2.43 bits per heavy atom. The van der Waals surface area contributed by atoms with Crippen LogP contribution in [0.25, 0.3) is 0 Å². The number of thioether (sulfide) groups is 1. The molecular weight excluding hydrogens is 392 g/mol. The highest BCUT2D eigenvalue weighted by Gasteiger charge is 2.29. The minimum atomic E-state index is -0.473. The molecule has 0 unspecified atom stereocenters. The fourth-order valence-electron chi connectivity index (χ4n) is 3.41. The van der Waals surface area contributed by atoms with Crippen LogP contribution in [-0.4, -0.2) is 34.6 Å². The van der Waals surface area contributed by atoms with E-state index in [0.29, 0.717) is 18.7 Å². The van der Waals surface area contributed by atoms with Gasteiger partial charge in [0.05, 0.1) is 5.75 Å². The summed E-state index contributed by atoms with van der Waals surface area (Å²) in [7, 11) is 0. The third-order valence-corrected chi connectivity index (χ3v) is 5.98. The second-order valence-electron chi connectivity index (χ2n) is 8.02. The largest absolute Gasteiger partial charge is 0.352 e. The third kappa shape index (κ3) is 7.21. The Kier molecular flexibility index (Phi) is 9.44. The van der Waals surface area contributed by atoms with E-state index in [2.05, 4.69) is 30.4 Å². The molecule has 0 heterocycles. The van der Waals surface area contributed by atoms with Gasteiger partial charge < -0.3 is 10.2 Å². The monoisotopic (exact) mass is 426 g/mol. The number of nitrogens with zero attached hydrogens (tertiary/aromatic N) is 1. The summed E-state index contributed by atoms with van der Waals surface area (Å²) in [6.45, 7) is 10.4. The van der Waals surface area contributed by atoms with Crippen LogP contribution >= 0.6 is 11.8 Å². The van der Waals surface area contributed by atoms with Gasteiger partial charge in [-0.25, -0.2) is 0 Å². The van der Waals surface area contributed by atoms with E-state index in [1.165, 1.54) is 11.1 Å². The number of nitrogens with one attached hydrogen (secondary N) is 1. The van der Waals surface area contributed by atoms with Crippen LogP contribution in [0, 0.1) is 13.8 Å². The Balaban J connectivity index is 2.15. The summed E-state index contributed by atoms with van der Waals surface area (Å²) in [6, 6.07) is 16.0. The first-order valence-corrected chi connectivity index (χ1v) is 11.7. The molecule has 0 aliphatic rings. The average Bonchev–Trinajstić information content (AvgIpc) is 2.68. The first kappa shape index (κ1) is 24.0. The molecule has 2 aromatic carbocycles. The molecule has 2 amide bonds. The van der Waals surface area contributed by atoms with E-state index in [9.17, 15) is 9.59 Å². The first-order chi connectivity index (χ1) is 14.3. The third-order valence-electron chi connectivity index (χ3n) is 5.00. The van der Waals surface area contributed by atoms with E-state index in [1.54, 1.807) is 16.7 Å². The molecule has 0 bridgehead atoms. The molecule has 30 heavy (non-hydrogen) atoms. The fraction of sp³-hybridized carbons (Fsp3) is 0.440. The zero-order chi connectivity index (χ0) is 22.1. The van der Waals surface area contributed by atoms with E-state index in [4.69, 9.17) is 0 Å². The lowest BCUT2D eigenvalue weighted by Crippen LogP contribution is -2.51. The molecular formula is C25H34N2O2S. The van der Waals surface area contributed by atoms with E-state index < -0.39 is 6.04 Å². The molecule has 0 aliphatic carbocycles. The first-order valence-electron chi connectivity index (χ1n) is 10.6. The molecule has 0 spiro atoms. The normalized spacial score (nSPS) is 11.9. The van der Waals surface area contributed by atoms with Crippen LogP contribution in [0.15, 0.2) is 48.5 Å². The van der Waals surface area contributed by atoms with E-state index >= 15 is 0 Å². The average molecular weight is 427 g/mol. The van der Waals surface area contributed by atoms with Gasteiger partial charge in [-0.15, -0.1) is 11.8 Å². The Bertz CT molecular complexity index is 851. The number of hydrogen-bond acceptors (Lipinski definition) is 3. The maximum Gasteiger partial charge on any atom is 0.243 e. The predicted molar refractivity (Wildman–Crippen MR) is 126 cm³/mol. The quantitative estimate of drug-likeness (QED) is 0.590. The van der Waals surface area contributed by atoms with Gasteiger partial charge in [-0.1, -0.05) is 61.0 Å². The van der Waals surface area contributed by atoms with Crippen molar-refractivity contribution in [2.24, 2.45) is 0 Å². The smallest absolute Gasteiger partial charge is 0.243 e. The molecule has 4 nitrogen and oxygen atoms in total. The lowest BCUT2D eigenvalue weighted by molar-refractivity contribution is -0.139. The van der Waals surface area contributed by atoms with Crippen LogP contribution in [-0.2, 0) is 21.9 Å². The van der Waals surface area contributed by atoms with E-state index in [0.717, 1.165) is 16.9 Å². The van der Waals surface area contributed by atoms with Crippen molar-refractivity contribution < 1.29 is 9.59 Å². The number of rotatable bonds is 10.